The molecule has 20 atom stereocenters. The summed E-state index contributed by atoms with van der Waals surface area (Å²) >= 11 is 0. The number of aryl methyl sites for hydroxylation is 4. The number of hydrogen-bond acceptors (Lipinski definition) is 24. The minimum atomic E-state index is -1.76. The largest absolute Gasteiger partial charge is 0.493 e. The van der Waals surface area contributed by atoms with Crippen LogP contribution in [-0.2, 0) is 70.3 Å². The molecule has 16 N–H and O–H groups in total. The molecule has 0 unspecified atom stereocenters. The molecule has 0 amide bonds. The Morgan fingerprint density at radius 1 is 0.272 bits per heavy atom. The van der Waals surface area contributed by atoms with Crippen LogP contribution in [0.2, 0.25) is 0 Å². The van der Waals surface area contributed by atoms with Crippen LogP contribution in [0.5, 0.6) is 23.0 Å². The first-order valence-electron chi connectivity index (χ1n) is 32.6. The molecule has 4 aromatic rings. The second-order valence-corrected chi connectivity index (χ2v) is 25.4. The first-order valence-corrected chi connectivity index (χ1v) is 32.6. The van der Waals surface area contributed by atoms with Gasteiger partial charge in [-0.05, 0) is 144 Å². The quantitative estimate of drug-likeness (QED) is 0.0399. The fraction of sp³-hybridized carbons (Fsp3) is 0.647. The first kappa shape index (κ1) is 71.6. The summed E-state index contributed by atoms with van der Waals surface area (Å²) in [5.74, 6) is 2.22. The molecule has 4 fully saturated rings. The molecule has 92 heavy (non-hydrogen) atoms. The van der Waals surface area contributed by atoms with Crippen molar-refractivity contribution >= 4 is 0 Å². The zero-order valence-corrected chi connectivity index (χ0v) is 52.7. The first-order chi connectivity index (χ1) is 44.0. The average molecular weight is 1300 g/mol. The maximum absolute atomic E-state index is 11.2. The summed E-state index contributed by atoms with van der Waals surface area (Å²) in [4.78, 5) is 0. The lowest BCUT2D eigenvalue weighted by atomic mass is 9.86. The van der Waals surface area contributed by atoms with E-state index in [1.54, 1.807) is 0 Å². The van der Waals surface area contributed by atoms with Gasteiger partial charge < -0.3 is 120 Å². The van der Waals surface area contributed by atoms with Gasteiger partial charge >= 0.3 is 0 Å². The Hall–Kier alpha value is -4.72. The van der Waals surface area contributed by atoms with Crippen LogP contribution in [0.3, 0.4) is 0 Å². The lowest BCUT2D eigenvalue weighted by molar-refractivity contribution is -0.282. The number of benzene rings is 4. The standard InChI is InChI=1S/C68H96O24/c1-5-17-85-61-37-21-33(9-13-45-49(69)53(73)57(77)65(81)89-45)22-38(61)30-40-24-35(11-15-47-51(71)55(75)59(79)67(83)91-47)26-42(63(40)87-19-7-3)32-44-28-36(12-16-48-52(72)56(76)60(80)68(84)92-48)27-43(64(44)88-20-8-4)31-41-25-34(23-39(29-37)62(41)86-18-6-2)10-14-46-50(70)54(74)58(78)66(82)90-46/h21-28,45-60,65-84H,5-20,29-32H2,1-4H3/t45-,46-,47-,48-,49+,50+,51+,52+,53+,54+,55+,56+,57-,58-,59-,60-,65+,66+,67+,68+/m1/s1. The second-order valence-electron chi connectivity index (χ2n) is 25.4. The molecule has 0 spiro atoms. The Labute approximate surface area is 535 Å². The molecule has 9 rings (SSSR count). The van der Waals surface area contributed by atoms with E-state index < -0.39 is 123 Å². The molecule has 4 aromatic carbocycles. The molecule has 512 valence electrons. The van der Waals surface area contributed by atoms with Crippen molar-refractivity contribution in [2.75, 3.05) is 26.4 Å². The van der Waals surface area contributed by atoms with E-state index in [4.69, 9.17) is 37.9 Å². The highest BCUT2D eigenvalue weighted by Gasteiger charge is 2.46. The number of ether oxygens (including phenoxy) is 8. The summed E-state index contributed by atoms with van der Waals surface area (Å²) in [5, 5.41) is 172. The van der Waals surface area contributed by atoms with Gasteiger partial charge in [0.25, 0.3) is 0 Å². The van der Waals surface area contributed by atoms with Gasteiger partial charge in [-0.2, -0.15) is 0 Å². The fourth-order valence-corrected chi connectivity index (χ4v) is 13.2. The summed E-state index contributed by atoms with van der Waals surface area (Å²) in [5.41, 5.74) is 8.76. The number of aliphatic hydroxyl groups is 16. The molecule has 0 saturated carbocycles. The zero-order valence-electron chi connectivity index (χ0n) is 52.7. The van der Waals surface area contributed by atoms with E-state index in [9.17, 15) is 81.7 Å². The maximum atomic E-state index is 11.2. The summed E-state index contributed by atoms with van der Waals surface area (Å²) in [6.07, 6.45) is -26.7. The van der Waals surface area contributed by atoms with Gasteiger partial charge in [-0.3, -0.25) is 0 Å². The summed E-state index contributed by atoms with van der Waals surface area (Å²) in [6.45, 7) is 9.15. The van der Waals surface area contributed by atoms with Crippen molar-refractivity contribution in [1.82, 2.24) is 0 Å². The molecule has 24 heteroatoms. The predicted octanol–water partition coefficient (Wildman–Crippen LogP) is 0.448. The summed E-state index contributed by atoms with van der Waals surface area (Å²) in [6, 6.07) is 16.0. The SMILES string of the molecule is CCCOc1c2cc(CC[C@H]3O[C@H](O)[C@H](O)[C@@H](O)[C@H]3O)cc1Cc1cc(CC[C@H]3O[C@H](O)[C@H](O)[C@@H](O)[C@H]3O)cc(c1OCCC)Cc1cc(CC[C@H]3O[C@H](O)[C@H](O)[C@@H](O)[C@H]3O)cc(c1OCCC)Cc1cc(CC[C@H]3O[C@H](O)[C@H](O)[C@@H](O)[C@H]3O)cc(c1OCCC)C2. The fourth-order valence-electron chi connectivity index (χ4n) is 13.2. The van der Waals surface area contributed by atoms with E-state index >= 15 is 0 Å². The topological polar surface area (TPSA) is 398 Å². The van der Waals surface area contributed by atoms with Crippen molar-refractivity contribution in [2.45, 2.75) is 253 Å². The highest BCUT2D eigenvalue weighted by atomic mass is 16.7. The van der Waals surface area contributed by atoms with Crippen molar-refractivity contribution in [1.29, 1.82) is 0 Å². The maximum Gasteiger partial charge on any atom is 0.183 e. The van der Waals surface area contributed by atoms with Crippen molar-refractivity contribution in [2.24, 2.45) is 0 Å². The van der Waals surface area contributed by atoms with Gasteiger partial charge in [0.15, 0.2) is 25.2 Å². The molecular formula is C68H96O24. The van der Waals surface area contributed by atoms with E-state index in [0.29, 0.717) is 75.1 Å². The Kier molecular flexibility index (Phi) is 25.2. The molecule has 24 nitrogen and oxygen atoms in total. The summed E-state index contributed by atoms with van der Waals surface area (Å²) < 4.78 is 50.3. The third-order valence-corrected chi connectivity index (χ3v) is 18.2. The van der Waals surface area contributed by atoms with E-state index in [2.05, 4.69) is 0 Å². The lowest BCUT2D eigenvalue weighted by Crippen LogP contribution is -2.57. The van der Waals surface area contributed by atoms with Gasteiger partial charge in [0.2, 0.25) is 0 Å². The van der Waals surface area contributed by atoms with Crippen LogP contribution in [0, 0.1) is 0 Å². The van der Waals surface area contributed by atoms with E-state index in [-0.39, 0.29) is 77.0 Å². The molecule has 4 heterocycles. The van der Waals surface area contributed by atoms with Gasteiger partial charge in [-0.1, -0.05) is 76.2 Å². The molecular weight excluding hydrogens is 1200 g/mol. The molecule has 4 aliphatic heterocycles. The van der Waals surface area contributed by atoms with Crippen LogP contribution in [0.4, 0.5) is 0 Å². The summed E-state index contributed by atoms with van der Waals surface area (Å²) in [7, 11) is 0. The monoisotopic (exact) mass is 1300 g/mol. The number of rotatable bonds is 24. The van der Waals surface area contributed by atoms with Crippen LogP contribution < -0.4 is 18.9 Å². The van der Waals surface area contributed by atoms with Crippen LogP contribution in [0.1, 0.15) is 146 Å². The minimum absolute atomic E-state index is 0.0967. The van der Waals surface area contributed by atoms with Crippen molar-refractivity contribution in [3.63, 3.8) is 0 Å². The molecule has 0 aromatic heterocycles. The Balaban J connectivity index is 1.28. The van der Waals surface area contributed by atoms with Gasteiger partial charge in [0.05, 0.1) is 50.8 Å². The van der Waals surface area contributed by atoms with Crippen LogP contribution in [0.15, 0.2) is 48.5 Å². The number of aliphatic hydroxyl groups excluding tert-OH is 16. The van der Waals surface area contributed by atoms with Crippen molar-refractivity contribution < 1.29 is 120 Å². The number of hydrogen-bond donors (Lipinski definition) is 16. The highest BCUT2D eigenvalue weighted by molar-refractivity contribution is 5.59. The van der Waals surface area contributed by atoms with Gasteiger partial charge in [-0.25, -0.2) is 0 Å². The predicted molar refractivity (Wildman–Crippen MR) is 329 cm³/mol. The lowest BCUT2D eigenvalue weighted by Gasteiger charge is -2.38. The van der Waals surface area contributed by atoms with Crippen molar-refractivity contribution in [3.05, 3.63) is 115 Å². The third-order valence-electron chi connectivity index (χ3n) is 18.2. The van der Waals surface area contributed by atoms with Crippen LogP contribution in [0.25, 0.3) is 0 Å². The Morgan fingerprint density at radius 2 is 0.446 bits per heavy atom. The second kappa shape index (κ2) is 32.3. The zero-order chi connectivity index (χ0) is 66.2. The molecule has 1 aliphatic carbocycles. The third kappa shape index (κ3) is 16.6. The van der Waals surface area contributed by atoms with Crippen LogP contribution >= 0.6 is 0 Å². The van der Waals surface area contributed by atoms with Gasteiger partial charge in [0.1, 0.15) is 96.2 Å². The Morgan fingerprint density at radius 3 is 0.609 bits per heavy atom. The average Bonchev–Trinajstić information content (AvgIpc) is 0.791. The molecule has 5 aliphatic rings. The number of fused-ring (bicyclic) bond motifs is 8. The molecule has 8 bridgehead atoms. The van der Waals surface area contributed by atoms with Gasteiger partial charge in [0, 0.05) is 25.7 Å². The van der Waals surface area contributed by atoms with Gasteiger partial charge in [-0.15, -0.1) is 0 Å². The van der Waals surface area contributed by atoms with Crippen LogP contribution in [-0.4, -0.2) is 231 Å². The van der Waals surface area contributed by atoms with E-state index in [1.165, 1.54) is 0 Å². The minimum Gasteiger partial charge on any atom is -0.493 e. The molecule has 0 radical (unpaired) electrons. The highest BCUT2D eigenvalue weighted by Crippen LogP contribution is 2.43. The normalized spacial score (nSPS) is 32.5. The molecule has 4 saturated heterocycles. The van der Waals surface area contributed by atoms with E-state index in [1.807, 2.05) is 76.2 Å². The Bertz CT molecular complexity index is 2550. The van der Waals surface area contributed by atoms with Crippen molar-refractivity contribution in [3.8, 4) is 23.0 Å². The smallest absolute Gasteiger partial charge is 0.183 e. The van der Waals surface area contributed by atoms with E-state index in [0.717, 1.165) is 66.8 Å².